The molecule has 0 bridgehead atoms. The van der Waals surface area contributed by atoms with Crippen LogP contribution in [0.2, 0.25) is 10.0 Å². The van der Waals surface area contributed by atoms with Crippen LogP contribution in [0.1, 0.15) is 50.3 Å². The monoisotopic (exact) mass is 617 g/mol. The molecule has 3 aromatic rings. The van der Waals surface area contributed by atoms with E-state index in [1.165, 1.54) is 17.0 Å². The molecule has 220 valence electrons. The molecule has 3 aromatic carbocycles. The van der Waals surface area contributed by atoms with E-state index in [9.17, 15) is 18.0 Å². The van der Waals surface area contributed by atoms with Crippen LogP contribution in [0, 0.1) is 13.8 Å². The van der Waals surface area contributed by atoms with Crippen LogP contribution in [0.15, 0.2) is 71.6 Å². The molecule has 0 saturated heterocycles. The lowest BCUT2D eigenvalue weighted by atomic mass is 10.1. The highest BCUT2D eigenvalue weighted by molar-refractivity contribution is 7.92. The summed E-state index contributed by atoms with van der Waals surface area (Å²) < 4.78 is 29.0. The molecule has 2 atom stereocenters. The van der Waals surface area contributed by atoms with Crippen LogP contribution in [0.4, 0.5) is 5.69 Å². The van der Waals surface area contributed by atoms with E-state index in [4.69, 9.17) is 23.2 Å². The fraction of sp³-hybridized carbons (Fsp3) is 0.355. The van der Waals surface area contributed by atoms with E-state index in [1.54, 1.807) is 55.5 Å². The lowest BCUT2D eigenvalue weighted by Crippen LogP contribution is -2.53. The summed E-state index contributed by atoms with van der Waals surface area (Å²) in [6.45, 7) is 8.84. The molecule has 0 heterocycles. The number of rotatable bonds is 12. The molecule has 0 aliphatic carbocycles. The van der Waals surface area contributed by atoms with Crippen LogP contribution in [0.5, 0.6) is 0 Å². The zero-order chi connectivity index (χ0) is 30.3. The number of carbonyl (C=O) groups is 2. The lowest BCUT2D eigenvalue weighted by Gasteiger charge is -2.34. The van der Waals surface area contributed by atoms with E-state index in [2.05, 4.69) is 5.32 Å². The maximum atomic E-state index is 14.2. The first-order valence-electron chi connectivity index (χ1n) is 13.6. The Morgan fingerprint density at radius 1 is 0.878 bits per heavy atom. The Morgan fingerprint density at radius 3 is 2.07 bits per heavy atom. The SMILES string of the molecule is CC[C@H](C(=O)N[C@@H](C)CC)N(Cc1c(Cl)cccc1Cl)C(=O)CN(c1ccc(C)c(C)c1)S(=O)(=O)c1ccccc1. The number of hydrogen-bond donors (Lipinski definition) is 1. The first-order chi connectivity index (χ1) is 19.4. The van der Waals surface area contributed by atoms with Crippen molar-refractivity contribution in [3.63, 3.8) is 0 Å². The van der Waals surface area contributed by atoms with Crippen molar-refractivity contribution in [2.75, 3.05) is 10.8 Å². The summed E-state index contributed by atoms with van der Waals surface area (Å²) in [7, 11) is -4.14. The highest BCUT2D eigenvalue weighted by Gasteiger charge is 2.34. The minimum absolute atomic E-state index is 0.0493. The minimum Gasteiger partial charge on any atom is -0.352 e. The normalized spacial score (nSPS) is 12.9. The van der Waals surface area contributed by atoms with E-state index in [0.717, 1.165) is 15.4 Å². The van der Waals surface area contributed by atoms with Gasteiger partial charge in [0, 0.05) is 28.2 Å². The number of anilines is 1. The fourth-order valence-electron chi connectivity index (χ4n) is 4.34. The van der Waals surface area contributed by atoms with Gasteiger partial charge in [0.05, 0.1) is 10.6 Å². The van der Waals surface area contributed by atoms with Crippen LogP contribution in [-0.4, -0.2) is 43.8 Å². The van der Waals surface area contributed by atoms with E-state index in [0.29, 0.717) is 34.1 Å². The largest absolute Gasteiger partial charge is 0.352 e. The number of hydrogen-bond acceptors (Lipinski definition) is 4. The van der Waals surface area contributed by atoms with Crippen molar-refractivity contribution in [1.29, 1.82) is 0 Å². The summed E-state index contributed by atoms with van der Waals surface area (Å²) in [4.78, 5) is 29.0. The van der Waals surface area contributed by atoms with Crippen molar-refractivity contribution < 1.29 is 18.0 Å². The van der Waals surface area contributed by atoms with E-state index < -0.39 is 28.5 Å². The van der Waals surface area contributed by atoms with Crippen molar-refractivity contribution in [3.05, 3.63) is 93.5 Å². The number of amides is 2. The summed E-state index contributed by atoms with van der Waals surface area (Å²) in [5.41, 5.74) is 2.68. The third-order valence-electron chi connectivity index (χ3n) is 7.17. The smallest absolute Gasteiger partial charge is 0.264 e. The van der Waals surface area contributed by atoms with Crippen LogP contribution in [0.25, 0.3) is 0 Å². The minimum atomic E-state index is -4.14. The Balaban J connectivity index is 2.11. The van der Waals surface area contributed by atoms with Crippen LogP contribution in [0.3, 0.4) is 0 Å². The molecule has 3 rings (SSSR count). The van der Waals surface area contributed by atoms with Crippen molar-refractivity contribution in [1.82, 2.24) is 10.2 Å². The highest BCUT2D eigenvalue weighted by atomic mass is 35.5. The highest BCUT2D eigenvalue weighted by Crippen LogP contribution is 2.29. The fourth-order valence-corrected chi connectivity index (χ4v) is 6.29. The predicted octanol–water partition coefficient (Wildman–Crippen LogP) is 6.53. The summed E-state index contributed by atoms with van der Waals surface area (Å²) >= 11 is 12.9. The molecule has 0 unspecified atom stereocenters. The Morgan fingerprint density at radius 2 is 1.51 bits per heavy atom. The van der Waals surface area contributed by atoms with Gasteiger partial charge in [0.25, 0.3) is 10.0 Å². The second kappa shape index (κ2) is 14.2. The molecule has 10 heteroatoms. The van der Waals surface area contributed by atoms with Gasteiger partial charge < -0.3 is 10.2 Å². The van der Waals surface area contributed by atoms with Crippen LogP contribution >= 0.6 is 23.2 Å². The van der Waals surface area contributed by atoms with E-state index >= 15 is 0 Å². The molecule has 2 amide bonds. The Labute approximate surface area is 253 Å². The zero-order valence-corrected chi connectivity index (χ0v) is 26.4. The van der Waals surface area contributed by atoms with Crippen molar-refractivity contribution >= 4 is 50.7 Å². The van der Waals surface area contributed by atoms with Gasteiger partial charge in [-0.25, -0.2) is 8.42 Å². The van der Waals surface area contributed by atoms with E-state index in [1.807, 2.05) is 33.8 Å². The standard InChI is InChI=1S/C31H37Cl2N3O4S/c1-6-23(5)34-31(38)29(7-2)35(19-26-27(32)14-11-15-28(26)33)30(37)20-36(24-17-16-21(3)22(4)18-24)41(39,40)25-12-9-8-10-13-25/h8-18,23,29H,6-7,19-20H2,1-5H3,(H,34,38)/t23-,29+/m0/s1. The second-order valence-corrected chi connectivity index (χ2v) is 12.7. The molecule has 0 aliphatic heterocycles. The zero-order valence-electron chi connectivity index (χ0n) is 24.0. The van der Waals surface area contributed by atoms with Gasteiger partial charge in [-0.05, 0) is 81.1 Å². The Hall–Kier alpha value is -3.07. The molecule has 0 spiro atoms. The molecule has 0 aliphatic rings. The number of nitrogens with zero attached hydrogens (tertiary/aromatic N) is 2. The van der Waals surface area contributed by atoms with Crippen LogP contribution in [-0.2, 0) is 26.2 Å². The molecule has 0 radical (unpaired) electrons. The van der Waals surface area contributed by atoms with E-state index in [-0.39, 0.29) is 23.4 Å². The van der Waals surface area contributed by atoms with Gasteiger partial charge in [-0.3, -0.25) is 13.9 Å². The van der Waals surface area contributed by atoms with Gasteiger partial charge in [-0.2, -0.15) is 0 Å². The first-order valence-corrected chi connectivity index (χ1v) is 15.8. The molecular formula is C31H37Cl2N3O4S. The Bertz CT molecular complexity index is 1460. The van der Waals surface area contributed by atoms with Gasteiger partial charge in [-0.15, -0.1) is 0 Å². The average molecular weight is 619 g/mol. The number of aryl methyl sites for hydroxylation is 2. The van der Waals surface area contributed by atoms with Gasteiger partial charge in [0.2, 0.25) is 11.8 Å². The predicted molar refractivity (Wildman–Crippen MR) is 166 cm³/mol. The summed E-state index contributed by atoms with van der Waals surface area (Å²) in [5, 5.41) is 3.64. The summed E-state index contributed by atoms with van der Waals surface area (Å²) in [6, 6.07) is 17.2. The van der Waals surface area contributed by atoms with Gasteiger partial charge in [-0.1, -0.05) is 67.4 Å². The summed E-state index contributed by atoms with van der Waals surface area (Å²) in [5.74, 6) is -0.896. The second-order valence-electron chi connectivity index (χ2n) is 10.1. The molecule has 0 saturated carbocycles. The lowest BCUT2D eigenvalue weighted by molar-refractivity contribution is -0.140. The van der Waals surface area contributed by atoms with Gasteiger partial charge >= 0.3 is 0 Å². The average Bonchev–Trinajstić information content (AvgIpc) is 2.94. The number of sulfonamides is 1. The van der Waals surface area contributed by atoms with Crippen LogP contribution < -0.4 is 9.62 Å². The molecule has 0 fully saturated rings. The van der Waals surface area contributed by atoms with Crippen molar-refractivity contribution in [2.24, 2.45) is 0 Å². The van der Waals surface area contributed by atoms with Crippen molar-refractivity contribution in [3.8, 4) is 0 Å². The van der Waals surface area contributed by atoms with Gasteiger partial charge in [0.1, 0.15) is 12.6 Å². The molecule has 41 heavy (non-hydrogen) atoms. The summed E-state index contributed by atoms with van der Waals surface area (Å²) in [6.07, 6.45) is 1.01. The quantitative estimate of drug-likeness (QED) is 0.250. The first kappa shape index (κ1) is 32.4. The number of benzene rings is 3. The maximum Gasteiger partial charge on any atom is 0.264 e. The number of carbonyl (C=O) groups excluding carboxylic acids is 2. The van der Waals surface area contributed by atoms with Gasteiger partial charge in [0.15, 0.2) is 0 Å². The number of nitrogens with one attached hydrogen (secondary N) is 1. The maximum absolute atomic E-state index is 14.2. The Kier molecular flexibility index (Phi) is 11.2. The third-order valence-corrected chi connectivity index (χ3v) is 9.66. The third kappa shape index (κ3) is 7.82. The van der Waals surface area contributed by atoms with Crippen molar-refractivity contribution in [2.45, 2.75) is 71.0 Å². The topological polar surface area (TPSA) is 86.8 Å². The molecule has 0 aromatic heterocycles. The molecular weight excluding hydrogens is 581 g/mol. The molecule has 1 N–H and O–H groups in total. The molecule has 7 nitrogen and oxygen atoms in total. The number of halogens is 2.